The molecule has 1 aromatic heterocycles. The van der Waals surface area contributed by atoms with Crippen LogP contribution in [0.2, 0.25) is 0 Å². The number of oxazole rings is 1. The van der Waals surface area contributed by atoms with E-state index < -0.39 is 0 Å². The summed E-state index contributed by atoms with van der Waals surface area (Å²) in [5, 5.41) is 0. The predicted octanol–water partition coefficient (Wildman–Crippen LogP) is 4.21. The zero-order valence-corrected chi connectivity index (χ0v) is 12.6. The van der Waals surface area contributed by atoms with Gasteiger partial charge in [0.25, 0.3) is 0 Å². The maximum atomic E-state index is 6.02. The van der Waals surface area contributed by atoms with Crippen LogP contribution in [0.1, 0.15) is 17.0 Å². The van der Waals surface area contributed by atoms with Crippen molar-refractivity contribution in [1.29, 1.82) is 0 Å². The number of hydrogen-bond donors (Lipinski definition) is 0. The summed E-state index contributed by atoms with van der Waals surface area (Å²) < 4.78 is 6.02. The van der Waals surface area contributed by atoms with Gasteiger partial charge in [0.1, 0.15) is 5.76 Å². The molecular weight excluding hydrogens is 272 g/mol. The summed E-state index contributed by atoms with van der Waals surface area (Å²) in [6.45, 7) is 3.90. The van der Waals surface area contributed by atoms with Gasteiger partial charge in [-0.3, -0.25) is 0 Å². The summed E-state index contributed by atoms with van der Waals surface area (Å²) in [6, 6.07) is 18.7. The van der Waals surface area contributed by atoms with Gasteiger partial charge in [0.15, 0.2) is 0 Å². The number of aromatic nitrogens is 1. The van der Waals surface area contributed by atoms with E-state index in [0.717, 1.165) is 42.4 Å². The van der Waals surface area contributed by atoms with Crippen LogP contribution in [0, 0.1) is 6.92 Å². The first kappa shape index (κ1) is 13.1. The molecule has 0 saturated carbocycles. The van der Waals surface area contributed by atoms with Crippen molar-refractivity contribution in [2.75, 3.05) is 11.4 Å². The van der Waals surface area contributed by atoms with Gasteiger partial charge in [0, 0.05) is 24.2 Å². The second-order valence-electron chi connectivity index (χ2n) is 5.77. The normalized spacial score (nSPS) is 14.0. The van der Waals surface area contributed by atoms with E-state index in [2.05, 4.69) is 41.1 Å². The van der Waals surface area contributed by atoms with Gasteiger partial charge in [0.2, 0.25) is 5.89 Å². The molecule has 3 aromatic rings. The van der Waals surface area contributed by atoms with Crippen LogP contribution >= 0.6 is 0 Å². The number of anilines is 1. The molecule has 2 aromatic carbocycles. The van der Waals surface area contributed by atoms with E-state index in [1.54, 1.807) is 0 Å². The molecule has 0 saturated heterocycles. The molecule has 110 valence electrons. The van der Waals surface area contributed by atoms with Crippen LogP contribution in [0.15, 0.2) is 59.0 Å². The van der Waals surface area contributed by atoms with Crippen molar-refractivity contribution >= 4 is 5.69 Å². The quantitative estimate of drug-likeness (QED) is 0.708. The third kappa shape index (κ3) is 2.39. The highest BCUT2D eigenvalue weighted by Crippen LogP contribution is 2.28. The van der Waals surface area contributed by atoms with Gasteiger partial charge >= 0.3 is 0 Å². The average molecular weight is 290 g/mol. The van der Waals surface area contributed by atoms with Gasteiger partial charge in [-0.05, 0) is 36.8 Å². The average Bonchev–Trinajstić information content (AvgIpc) is 2.99. The lowest BCUT2D eigenvalue weighted by Gasteiger charge is -2.27. The van der Waals surface area contributed by atoms with E-state index in [1.807, 2.05) is 30.3 Å². The summed E-state index contributed by atoms with van der Waals surface area (Å²) in [6.07, 6.45) is 0.930. The highest BCUT2D eigenvalue weighted by Gasteiger charge is 2.23. The molecular formula is C19H18N2O. The maximum Gasteiger partial charge on any atom is 0.226 e. The SMILES string of the molecule is Cc1cccc(N2CCc3nc(-c4ccccc4)oc3C2)c1. The van der Waals surface area contributed by atoms with Gasteiger partial charge in [-0.2, -0.15) is 0 Å². The van der Waals surface area contributed by atoms with Crippen LogP contribution in [0.4, 0.5) is 5.69 Å². The minimum Gasteiger partial charge on any atom is -0.439 e. The van der Waals surface area contributed by atoms with E-state index in [-0.39, 0.29) is 0 Å². The minimum atomic E-state index is 0.733. The topological polar surface area (TPSA) is 29.3 Å². The lowest BCUT2D eigenvalue weighted by atomic mass is 10.1. The lowest BCUT2D eigenvalue weighted by Crippen LogP contribution is -2.29. The Morgan fingerprint density at radius 3 is 2.73 bits per heavy atom. The van der Waals surface area contributed by atoms with Gasteiger partial charge in [-0.25, -0.2) is 4.98 Å². The predicted molar refractivity (Wildman–Crippen MR) is 87.9 cm³/mol. The Labute approximate surface area is 130 Å². The van der Waals surface area contributed by atoms with Crippen molar-refractivity contribution in [2.45, 2.75) is 19.9 Å². The zero-order valence-electron chi connectivity index (χ0n) is 12.6. The van der Waals surface area contributed by atoms with Crippen molar-refractivity contribution in [3.8, 4) is 11.5 Å². The molecule has 0 fully saturated rings. The Morgan fingerprint density at radius 1 is 1.05 bits per heavy atom. The van der Waals surface area contributed by atoms with Crippen molar-refractivity contribution in [3.63, 3.8) is 0 Å². The number of nitrogens with zero attached hydrogens (tertiary/aromatic N) is 2. The standard InChI is InChI=1S/C19H18N2O/c1-14-6-5-9-16(12-14)21-11-10-17-18(13-21)22-19(20-17)15-7-3-2-4-8-15/h2-9,12H,10-11,13H2,1H3. The van der Waals surface area contributed by atoms with E-state index >= 15 is 0 Å². The van der Waals surface area contributed by atoms with Crippen LogP contribution in [0.25, 0.3) is 11.5 Å². The van der Waals surface area contributed by atoms with Crippen LogP contribution in [0.3, 0.4) is 0 Å². The van der Waals surface area contributed by atoms with Gasteiger partial charge in [-0.1, -0.05) is 30.3 Å². The van der Waals surface area contributed by atoms with Gasteiger partial charge in [0.05, 0.1) is 12.2 Å². The van der Waals surface area contributed by atoms with E-state index in [9.17, 15) is 0 Å². The molecule has 0 spiro atoms. The van der Waals surface area contributed by atoms with Crippen LogP contribution < -0.4 is 4.90 Å². The first-order valence-electron chi connectivity index (χ1n) is 7.65. The summed E-state index contributed by atoms with van der Waals surface area (Å²) in [7, 11) is 0. The number of benzene rings is 2. The van der Waals surface area contributed by atoms with Crippen LogP contribution in [-0.2, 0) is 13.0 Å². The molecule has 1 aliphatic rings. The second-order valence-corrected chi connectivity index (χ2v) is 5.77. The summed E-state index contributed by atoms with van der Waals surface area (Å²) in [5.41, 5.74) is 4.68. The molecule has 0 unspecified atom stereocenters. The number of fused-ring (bicyclic) bond motifs is 1. The Balaban J connectivity index is 1.63. The second kappa shape index (κ2) is 5.34. The molecule has 0 atom stereocenters. The zero-order chi connectivity index (χ0) is 14.9. The first-order chi connectivity index (χ1) is 10.8. The fraction of sp³-hybridized carbons (Fsp3) is 0.211. The van der Waals surface area contributed by atoms with Crippen molar-refractivity contribution in [2.24, 2.45) is 0 Å². The van der Waals surface area contributed by atoms with E-state index in [0.29, 0.717) is 0 Å². The molecule has 0 bridgehead atoms. The summed E-state index contributed by atoms with van der Waals surface area (Å²) in [4.78, 5) is 7.03. The van der Waals surface area contributed by atoms with Crippen LogP contribution in [-0.4, -0.2) is 11.5 Å². The summed E-state index contributed by atoms with van der Waals surface area (Å²) in [5.74, 6) is 1.73. The molecule has 0 amide bonds. The Bertz CT molecular complexity index is 792. The Morgan fingerprint density at radius 2 is 1.91 bits per heavy atom. The smallest absolute Gasteiger partial charge is 0.226 e. The number of rotatable bonds is 2. The number of aryl methyl sites for hydroxylation is 1. The Kier molecular flexibility index (Phi) is 3.19. The Hall–Kier alpha value is -2.55. The molecule has 3 nitrogen and oxygen atoms in total. The molecule has 0 N–H and O–H groups in total. The molecule has 22 heavy (non-hydrogen) atoms. The van der Waals surface area contributed by atoms with Gasteiger partial charge < -0.3 is 9.32 Å². The molecule has 1 aliphatic heterocycles. The van der Waals surface area contributed by atoms with Crippen molar-refractivity contribution in [1.82, 2.24) is 4.98 Å². The lowest BCUT2D eigenvalue weighted by molar-refractivity contribution is 0.495. The van der Waals surface area contributed by atoms with Crippen molar-refractivity contribution in [3.05, 3.63) is 71.6 Å². The third-order valence-electron chi connectivity index (χ3n) is 4.12. The third-order valence-corrected chi connectivity index (χ3v) is 4.12. The monoisotopic (exact) mass is 290 g/mol. The molecule has 4 rings (SSSR count). The highest BCUT2D eigenvalue weighted by atomic mass is 16.4. The van der Waals surface area contributed by atoms with E-state index in [4.69, 9.17) is 4.42 Å². The molecule has 3 heteroatoms. The molecule has 2 heterocycles. The highest BCUT2D eigenvalue weighted by molar-refractivity contribution is 5.55. The molecule has 0 radical (unpaired) electrons. The fourth-order valence-corrected chi connectivity index (χ4v) is 2.94. The first-order valence-corrected chi connectivity index (χ1v) is 7.65. The largest absolute Gasteiger partial charge is 0.439 e. The van der Waals surface area contributed by atoms with Gasteiger partial charge in [-0.15, -0.1) is 0 Å². The van der Waals surface area contributed by atoms with Crippen molar-refractivity contribution < 1.29 is 4.42 Å². The fourth-order valence-electron chi connectivity index (χ4n) is 2.94. The number of hydrogen-bond acceptors (Lipinski definition) is 3. The minimum absolute atomic E-state index is 0.733. The van der Waals surface area contributed by atoms with E-state index in [1.165, 1.54) is 11.3 Å². The maximum absolute atomic E-state index is 6.02. The van der Waals surface area contributed by atoms with Crippen LogP contribution in [0.5, 0.6) is 0 Å². The summed E-state index contributed by atoms with van der Waals surface area (Å²) >= 11 is 0. The molecule has 0 aliphatic carbocycles.